The van der Waals surface area contributed by atoms with E-state index in [1.165, 1.54) is 6.92 Å². The van der Waals surface area contributed by atoms with Gasteiger partial charge in [0.1, 0.15) is 0 Å². The van der Waals surface area contributed by atoms with Crippen LogP contribution in [0.1, 0.15) is 16.7 Å². The molecular weight excluding hydrogens is 266 g/mol. The van der Waals surface area contributed by atoms with E-state index in [2.05, 4.69) is 10.2 Å². The zero-order valence-corrected chi connectivity index (χ0v) is 11.8. The van der Waals surface area contributed by atoms with Crippen LogP contribution in [0.25, 0.3) is 0 Å². The van der Waals surface area contributed by atoms with Crippen LogP contribution < -0.4 is 16.5 Å². The standard InChI is InChI=1S/C13H20BF3N3/c1-9-11(8-20-5-3-19-4-6-20)7-12(18)10(2)13(9)14(15,16)17/h7,19H,3-6,8,18H2,1-2H3/q-1. The van der Waals surface area contributed by atoms with Gasteiger partial charge in [0.15, 0.2) is 0 Å². The summed E-state index contributed by atoms with van der Waals surface area (Å²) in [5.74, 6) is 0. The fourth-order valence-electron chi connectivity index (χ4n) is 2.78. The zero-order chi connectivity index (χ0) is 14.9. The summed E-state index contributed by atoms with van der Waals surface area (Å²) >= 11 is 0. The fourth-order valence-corrected chi connectivity index (χ4v) is 2.78. The molecule has 1 heterocycles. The van der Waals surface area contributed by atoms with Gasteiger partial charge in [0.2, 0.25) is 0 Å². The molecule has 1 aromatic carbocycles. The first kappa shape index (κ1) is 15.2. The maximum atomic E-state index is 13.2. The average Bonchev–Trinajstić information content (AvgIpc) is 2.36. The quantitative estimate of drug-likeness (QED) is 0.651. The molecular formula is C13H20BF3N3-. The Hall–Kier alpha value is -1.21. The molecule has 0 bridgehead atoms. The number of hydrogen-bond donors (Lipinski definition) is 2. The van der Waals surface area contributed by atoms with Crippen LogP contribution in [0.3, 0.4) is 0 Å². The van der Waals surface area contributed by atoms with Gasteiger partial charge >= 0.3 is 6.98 Å². The van der Waals surface area contributed by atoms with Gasteiger partial charge in [-0.05, 0) is 25.5 Å². The summed E-state index contributed by atoms with van der Waals surface area (Å²) in [4.78, 5) is 2.15. The van der Waals surface area contributed by atoms with Crippen LogP contribution in [-0.4, -0.2) is 38.1 Å². The highest BCUT2D eigenvalue weighted by Crippen LogP contribution is 2.23. The third-order valence-electron chi connectivity index (χ3n) is 3.98. The molecule has 1 saturated heterocycles. The summed E-state index contributed by atoms with van der Waals surface area (Å²) in [5, 5.41) is 3.23. The number of nitrogens with zero attached hydrogens (tertiary/aromatic N) is 1. The summed E-state index contributed by atoms with van der Waals surface area (Å²) in [5.41, 5.74) is 6.64. The maximum Gasteiger partial charge on any atom is 0.510 e. The Kier molecular flexibility index (Phi) is 4.29. The highest BCUT2D eigenvalue weighted by molar-refractivity contribution is 6.74. The van der Waals surface area contributed by atoms with Gasteiger partial charge in [-0.1, -0.05) is 11.1 Å². The van der Waals surface area contributed by atoms with Crippen LogP contribution in [0.2, 0.25) is 0 Å². The second-order valence-electron chi connectivity index (χ2n) is 5.39. The summed E-state index contributed by atoms with van der Waals surface area (Å²) in [6, 6.07) is 1.69. The molecule has 0 atom stereocenters. The van der Waals surface area contributed by atoms with Crippen LogP contribution in [-0.2, 0) is 6.54 Å². The Morgan fingerprint density at radius 1 is 1.20 bits per heavy atom. The molecule has 7 heteroatoms. The first-order valence-corrected chi connectivity index (χ1v) is 6.82. The van der Waals surface area contributed by atoms with Crippen molar-refractivity contribution in [1.82, 2.24) is 10.2 Å². The van der Waals surface area contributed by atoms with E-state index in [4.69, 9.17) is 5.73 Å². The number of benzene rings is 1. The number of piperazine rings is 1. The molecule has 0 unspecified atom stereocenters. The maximum absolute atomic E-state index is 13.2. The molecule has 0 saturated carbocycles. The van der Waals surface area contributed by atoms with Crippen molar-refractivity contribution < 1.29 is 12.9 Å². The second-order valence-corrected chi connectivity index (χ2v) is 5.39. The van der Waals surface area contributed by atoms with Gasteiger partial charge in [0, 0.05) is 38.4 Å². The Labute approximate surface area is 117 Å². The minimum absolute atomic E-state index is 0.152. The molecule has 2 rings (SSSR count). The number of nitrogens with two attached hydrogens (primary N) is 1. The molecule has 3 N–H and O–H groups in total. The monoisotopic (exact) mass is 286 g/mol. The Bertz CT molecular complexity index is 497. The molecule has 0 aliphatic carbocycles. The molecule has 0 amide bonds. The lowest BCUT2D eigenvalue weighted by atomic mass is 9.72. The van der Waals surface area contributed by atoms with Crippen molar-refractivity contribution in [1.29, 1.82) is 0 Å². The predicted octanol–water partition coefficient (Wildman–Crippen LogP) is 1.35. The molecule has 1 aromatic rings. The molecule has 1 aliphatic heterocycles. The normalized spacial score (nSPS) is 17.4. The van der Waals surface area contributed by atoms with Crippen molar-refractivity contribution >= 4 is 18.1 Å². The van der Waals surface area contributed by atoms with Crippen molar-refractivity contribution in [3.63, 3.8) is 0 Å². The van der Waals surface area contributed by atoms with Crippen LogP contribution in [0.4, 0.5) is 18.6 Å². The Morgan fingerprint density at radius 3 is 2.35 bits per heavy atom. The van der Waals surface area contributed by atoms with Crippen molar-refractivity contribution in [3.05, 3.63) is 22.8 Å². The van der Waals surface area contributed by atoms with Gasteiger partial charge in [-0.25, -0.2) is 0 Å². The highest BCUT2D eigenvalue weighted by atomic mass is 19.4. The summed E-state index contributed by atoms with van der Waals surface area (Å²) in [7, 11) is 0. The van der Waals surface area contributed by atoms with Crippen LogP contribution in [0, 0.1) is 13.8 Å². The minimum atomic E-state index is -5.04. The SMILES string of the molecule is Cc1c(N)cc(CN2CCNCC2)c(C)c1[B-](F)(F)F. The smallest absolute Gasteiger partial charge is 0.445 e. The largest absolute Gasteiger partial charge is 0.510 e. The van der Waals surface area contributed by atoms with E-state index in [0.717, 1.165) is 26.2 Å². The Morgan fingerprint density at radius 2 is 1.80 bits per heavy atom. The van der Waals surface area contributed by atoms with Gasteiger partial charge < -0.3 is 24.0 Å². The van der Waals surface area contributed by atoms with E-state index in [-0.39, 0.29) is 11.3 Å². The number of nitrogens with one attached hydrogen (secondary N) is 1. The number of anilines is 1. The molecule has 112 valence electrons. The molecule has 3 nitrogen and oxygen atoms in total. The minimum Gasteiger partial charge on any atom is -0.445 e. The van der Waals surface area contributed by atoms with E-state index in [1.54, 1.807) is 13.0 Å². The van der Waals surface area contributed by atoms with Gasteiger partial charge in [-0.3, -0.25) is 4.90 Å². The Balaban J connectivity index is 2.36. The average molecular weight is 286 g/mol. The number of halogens is 3. The first-order valence-electron chi connectivity index (χ1n) is 6.82. The molecule has 0 radical (unpaired) electrons. The number of hydrogen-bond acceptors (Lipinski definition) is 3. The summed E-state index contributed by atoms with van der Waals surface area (Å²) in [6.07, 6.45) is 0. The van der Waals surface area contributed by atoms with Crippen molar-refractivity contribution in [2.24, 2.45) is 0 Å². The van der Waals surface area contributed by atoms with E-state index in [1.807, 2.05) is 0 Å². The van der Waals surface area contributed by atoms with E-state index >= 15 is 0 Å². The third kappa shape index (κ3) is 3.09. The molecule has 0 spiro atoms. The lowest BCUT2D eigenvalue weighted by Crippen LogP contribution is -2.44. The lowest BCUT2D eigenvalue weighted by molar-refractivity contribution is 0.233. The summed E-state index contributed by atoms with van der Waals surface area (Å²) < 4.78 is 39.7. The molecule has 0 aromatic heterocycles. The molecule has 1 aliphatic rings. The van der Waals surface area contributed by atoms with Gasteiger partial charge in [0.05, 0.1) is 0 Å². The van der Waals surface area contributed by atoms with Crippen molar-refractivity contribution in [3.8, 4) is 0 Å². The van der Waals surface area contributed by atoms with Crippen molar-refractivity contribution in [2.45, 2.75) is 20.4 Å². The summed E-state index contributed by atoms with van der Waals surface area (Å²) in [6.45, 7) is 1.92. The molecule has 20 heavy (non-hydrogen) atoms. The van der Waals surface area contributed by atoms with E-state index in [0.29, 0.717) is 17.7 Å². The highest BCUT2D eigenvalue weighted by Gasteiger charge is 2.31. The fraction of sp³-hybridized carbons (Fsp3) is 0.538. The second kappa shape index (κ2) is 5.65. The van der Waals surface area contributed by atoms with Crippen LogP contribution in [0.5, 0.6) is 0 Å². The first-order chi connectivity index (χ1) is 9.30. The van der Waals surface area contributed by atoms with E-state index < -0.39 is 12.4 Å². The van der Waals surface area contributed by atoms with Gasteiger partial charge in [-0.2, -0.15) is 0 Å². The van der Waals surface area contributed by atoms with E-state index in [9.17, 15) is 12.9 Å². The number of nitrogen functional groups attached to an aromatic ring is 1. The molecule has 1 fully saturated rings. The van der Waals surface area contributed by atoms with Gasteiger partial charge in [-0.15, -0.1) is 5.46 Å². The van der Waals surface area contributed by atoms with Crippen LogP contribution >= 0.6 is 0 Å². The third-order valence-corrected chi connectivity index (χ3v) is 3.98. The number of rotatable bonds is 3. The topological polar surface area (TPSA) is 41.3 Å². The predicted molar refractivity (Wildman–Crippen MR) is 77.2 cm³/mol. The zero-order valence-electron chi connectivity index (χ0n) is 11.8. The lowest BCUT2D eigenvalue weighted by Gasteiger charge is -2.30. The van der Waals surface area contributed by atoms with Crippen LogP contribution in [0.15, 0.2) is 6.07 Å². The van der Waals surface area contributed by atoms with Gasteiger partial charge in [0.25, 0.3) is 0 Å². The van der Waals surface area contributed by atoms with Crippen molar-refractivity contribution in [2.75, 3.05) is 31.9 Å².